The van der Waals surface area contributed by atoms with Gasteiger partial charge in [0, 0.05) is 23.3 Å². The van der Waals surface area contributed by atoms with Crippen molar-refractivity contribution in [3.63, 3.8) is 0 Å². The Kier molecular flexibility index (Phi) is 6.95. The molecule has 1 aliphatic rings. The van der Waals surface area contributed by atoms with Crippen LogP contribution in [0.2, 0.25) is 5.02 Å². The summed E-state index contributed by atoms with van der Waals surface area (Å²) >= 11 is 5.97. The van der Waals surface area contributed by atoms with E-state index in [4.69, 9.17) is 11.6 Å². The molecule has 5 heteroatoms. The van der Waals surface area contributed by atoms with Gasteiger partial charge in [-0.25, -0.2) is 0 Å². The lowest BCUT2D eigenvalue weighted by molar-refractivity contribution is 0.183. The fourth-order valence-electron chi connectivity index (χ4n) is 2.63. The number of nitrogens with one attached hydrogen (secondary N) is 1. The van der Waals surface area contributed by atoms with Gasteiger partial charge < -0.3 is 5.32 Å². The SMILES string of the molecule is Cl.Cl.Clc1ccc(C2(NCc3ccccn3)CCC2)cc1. The lowest BCUT2D eigenvalue weighted by atomic mass is 9.72. The lowest BCUT2D eigenvalue weighted by Gasteiger charge is -2.43. The minimum atomic E-state index is 0. The Balaban J connectivity index is 0.00000110. The smallest absolute Gasteiger partial charge is 0.0541 e. The standard InChI is InChI=1S/C16H17ClN2.2ClH/c17-14-7-5-13(6-8-14)16(9-3-10-16)19-12-15-4-1-2-11-18-15;;/h1-2,4-8,11,19H,3,9-10,12H2;2*1H. The number of benzene rings is 1. The molecule has 0 radical (unpaired) electrons. The third-order valence-corrected chi connectivity index (χ3v) is 4.19. The summed E-state index contributed by atoms with van der Waals surface area (Å²) < 4.78 is 0. The molecule has 1 aromatic heterocycles. The van der Waals surface area contributed by atoms with E-state index < -0.39 is 0 Å². The van der Waals surface area contributed by atoms with Crippen LogP contribution in [-0.4, -0.2) is 4.98 Å². The molecular weight excluding hydrogens is 327 g/mol. The highest BCUT2D eigenvalue weighted by Crippen LogP contribution is 2.41. The molecule has 114 valence electrons. The molecule has 1 heterocycles. The first-order chi connectivity index (χ1) is 9.28. The van der Waals surface area contributed by atoms with Gasteiger partial charge in [-0.3, -0.25) is 4.98 Å². The van der Waals surface area contributed by atoms with Crippen molar-refractivity contribution in [2.24, 2.45) is 0 Å². The van der Waals surface area contributed by atoms with Crippen molar-refractivity contribution in [1.82, 2.24) is 10.3 Å². The van der Waals surface area contributed by atoms with E-state index in [0.717, 1.165) is 17.3 Å². The van der Waals surface area contributed by atoms with E-state index in [2.05, 4.69) is 28.5 Å². The van der Waals surface area contributed by atoms with E-state index >= 15 is 0 Å². The number of hydrogen-bond donors (Lipinski definition) is 1. The number of halogens is 3. The van der Waals surface area contributed by atoms with E-state index in [1.165, 1.54) is 24.8 Å². The van der Waals surface area contributed by atoms with Crippen LogP contribution in [0.5, 0.6) is 0 Å². The molecule has 0 unspecified atom stereocenters. The number of rotatable bonds is 4. The van der Waals surface area contributed by atoms with Crippen LogP contribution in [0.25, 0.3) is 0 Å². The van der Waals surface area contributed by atoms with Gasteiger partial charge in [-0.2, -0.15) is 0 Å². The van der Waals surface area contributed by atoms with Crippen LogP contribution in [-0.2, 0) is 12.1 Å². The molecule has 21 heavy (non-hydrogen) atoms. The highest BCUT2D eigenvalue weighted by Gasteiger charge is 2.37. The van der Waals surface area contributed by atoms with Crippen molar-refractivity contribution in [3.8, 4) is 0 Å². The van der Waals surface area contributed by atoms with E-state index in [-0.39, 0.29) is 30.4 Å². The van der Waals surface area contributed by atoms with Crippen molar-refractivity contribution in [1.29, 1.82) is 0 Å². The van der Waals surface area contributed by atoms with Gasteiger partial charge in [0.2, 0.25) is 0 Å². The molecule has 0 bridgehead atoms. The molecule has 1 saturated carbocycles. The van der Waals surface area contributed by atoms with Gasteiger partial charge in [-0.1, -0.05) is 29.8 Å². The average molecular weight is 346 g/mol. The van der Waals surface area contributed by atoms with Crippen LogP contribution in [0, 0.1) is 0 Å². The summed E-state index contributed by atoms with van der Waals surface area (Å²) in [6, 6.07) is 14.2. The van der Waals surface area contributed by atoms with Crippen molar-refractivity contribution in [2.75, 3.05) is 0 Å². The summed E-state index contributed by atoms with van der Waals surface area (Å²) in [7, 11) is 0. The van der Waals surface area contributed by atoms with E-state index in [1.807, 2.05) is 30.5 Å². The van der Waals surface area contributed by atoms with Crippen LogP contribution >= 0.6 is 36.4 Å². The third-order valence-electron chi connectivity index (χ3n) is 3.94. The highest BCUT2D eigenvalue weighted by atomic mass is 35.5. The van der Waals surface area contributed by atoms with Crippen LogP contribution in [0.4, 0.5) is 0 Å². The molecule has 2 nitrogen and oxygen atoms in total. The molecule has 3 rings (SSSR count). The minimum Gasteiger partial charge on any atom is -0.302 e. The molecule has 0 atom stereocenters. The van der Waals surface area contributed by atoms with E-state index in [0.29, 0.717) is 0 Å². The van der Waals surface area contributed by atoms with Crippen LogP contribution < -0.4 is 5.32 Å². The fraction of sp³-hybridized carbons (Fsp3) is 0.312. The summed E-state index contributed by atoms with van der Waals surface area (Å²) in [6.07, 6.45) is 5.48. The topological polar surface area (TPSA) is 24.9 Å². The van der Waals surface area contributed by atoms with Crippen molar-refractivity contribution in [3.05, 3.63) is 64.9 Å². The van der Waals surface area contributed by atoms with Crippen molar-refractivity contribution < 1.29 is 0 Å². The van der Waals surface area contributed by atoms with E-state index in [9.17, 15) is 0 Å². The number of aromatic nitrogens is 1. The summed E-state index contributed by atoms with van der Waals surface area (Å²) in [5, 5.41) is 4.47. The van der Waals surface area contributed by atoms with Gasteiger partial charge in [0.1, 0.15) is 0 Å². The molecule has 0 saturated heterocycles. The fourth-order valence-corrected chi connectivity index (χ4v) is 2.76. The van der Waals surface area contributed by atoms with Gasteiger partial charge in [0.05, 0.1) is 5.69 Å². The van der Waals surface area contributed by atoms with Gasteiger partial charge in [0.15, 0.2) is 0 Å². The van der Waals surface area contributed by atoms with Crippen LogP contribution in [0.1, 0.15) is 30.5 Å². The summed E-state index contributed by atoms with van der Waals surface area (Å²) in [4.78, 5) is 4.36. The molecule has 1 aliphatic carbocycles. The zero-order chi connectivity index (χ0) is 13.1. The Hall–Kier alpha value is -0.800. The van der Waals surface area contributed by atoms with Gasteiger partial charge in [-0.15, -0.1) is 24.8 Å². The zero-order valence-corrected chi connectivity index (χ0v) is 14.0. The monoisotopic (exact) mass is 344 g/mol. The maximum absolute atomic E-state index is 5.97. The summed E-state index contributed by atoms with van der Waals surface area (Å²) in [5.74, 6) is 0. The zero-order valence-electron chi connectivity index (χ0n) is 11.6. The lowest BCUT2D eigenvalue weighted by Crippen LogP contribution is -2.47. The van der Waals surface area contributed by atoms with Crippen molar-refractivity contribution >= 4 is 36.4 Å². The van der Waals surface area contributed by atoms with Gasteiger partial charge in [-0.05, 0) is 49.1 Å². The maximum atomic E-state index is 5.97. The van der Waals surface area contributed by atoms with Crippen molar-refractivity contribution in [2.45, 2.75) is 31.3 Å². The molecule has 2 aromatic rings. The van der Waals surface area contributed by atoms with E-state index in [1.54, 1.807) is 0 Å². The summed E-state index contributed by atoms with van der Waals surface area (Å²) in [6.45, 7) is 0.809. The Morgan fingerprint density at radius 2 is 1.76 bits per heavy atom. The first-order valence-corrected chi connectivity index (χ1v) is 7.07. The Labute approximate surface area is 143 Å². The molecule has 0 amide bonds. The largest absolute Gasteiger partial charge is 0.302 e. The highest BCUT2D eigenvalue weighted by molar-refractivity contribution is 6.30. The second-order valence-electron chi connectivity index (χ2n) is 5.12. The quantitative estimate of drug-likeness (QED) is 0.865. The first-order valence-electron chi connectivity index (χ1n) is 6.70. The molecule has 1 fully saturated rings. The molecule has 1 N–H and O–H groups in total. The number of pyridine rings is 1. The first kappa shape index (κ1) is 18.2. The number of nitrogens with zero attached hydrogens (tertiary/aromatic N) is 1. The van der Waals surface area contributed by atoms with Gasteiger partial charge >= 0.3 is 0 Å². The van der Waals surface area contributed by atoms with Gasteiger partial charge in [0.25, 0.3) is 0 Å². The second-order valence-corrected chi connectivity index (χ2v) is 5.55. The maximum Gasteiger partial charge on any atom is 0.0541 e. The average Bonchev–Trinajstić information content (AvgIpc) is 2.41. The predicted molar refractivity (Wildman–Crippen MR) is 92.6 cm³/mol. The Morgan fingerprint density at radius 3 is 2.29 bits per heavy atom. The summed E-state index contributed by atoms with van der Waals surface area (Å²) in [5.41, 5.74) is 2.53. The predicted octanol–water partition coefficient (Wildman–Crippen LogP) is 4.75. The minimum absolute atomic E-state index is 0. The molecule has 1 aromatic carbocycles. The second kappa shape index (κ2) is 8.00. The normalized spacial score (nSPS) is 15.3. The Bertz CT molecular complexity index is 539. The molecular formula is C16H19Cl3N2. The van der Waals surface area contributed by atoms with Crippen LogP contribution in [0.3, 0.4) is 0 Å². The van der Waals surface area contributed by atoms with Crippen LogP contribution in [0.15, 0.2) is 48.7 Å². The number of hydrogen-bond acceptors (Lipinski definition) is 2. The Morgan fingerprint density at radius 1 is 1.05 bits per heavy atom. The third kappa shape index (κ3) is 4.10. The molecule has 0 aliphatic heterocycles. The molecule has 0 spiro atoms.